The molecule has 1 N–H and O–H groups in total. The Hall–Kier alpha value is 0.610. The van der Waals surface area contributed by atoms with Gasteiger partial charge in [-0.05, 0) is 19.3 Å². The topological polar surface area (TPSA) is 32.7 Å². The third-order valence-corrected chi connectivity index (χ3v) is 3.55. The number of hydrogen-bond donors (Lipinski definition) is 1. The molecule has 2 unspecified atom stereocenters. The fraction of sp³-hybridized carbons (Fsp3) is 1.00. The van der Waals surface area contributed by atoms with Crippen molar-refractivity contribution in [1.29, 1.82) is 0 Å². The van der Waals surface area contributed by atoms with Gasteiger partial charge in [0.25, 0.3) is 0 Å². The number of hydroxylamine groups is 2. The average Bonchev–Trinajstić information content (AvgIpc) is 2.16. The minimum atomic E-state index is 0.397. The molecule has 1 saturated heterocycles. The van der Waals surface area contributed by atoms with E-state index in [0.717, 1.165) is 23.7 Å². The van der Waals surface area contributed by atoms with Gasteiger partial charge in [0.05, 0.1) is 0 Å². The van der Waals surface area contributed by atoms with E-state index >= 15 is 0 Å². The van der Waals surface area contributed by atoms with E-state index in [1.165, 1.54) is 6.42 Å². The Kier molecular flexibility index (Phi) is 4.78. The quantitative estimate of drug-likeness (QED) is 0.374. The van der Waals surface area contributed by atoms with E-state index in [2.05, 4.69) is 34.5 Å². The Balaban J connectivity index is 2.52. The predicted molar refractivity (Wildman–Crippen MR) is 56.2 cm³/mol. The lowest BCUT2D eigenvalue weighted by molar-refractivity contribution is -0.423. The van der Waals surface area contributed by atoms with Gasteiger partial charge in [0.15, 0.2) is 0 Å². The summed E-state index contributed by atoms with van der Waals surface area (Å²) >= 11 is 2.34. The van der Waals surface area contributed by atoms with E-state index < -0.39 is 0 Å². The van der Waals surface area contributed by atoms with Crippen molar-refractivity contribution < 1.29 is 10.2 Å². The van der Waals surface area contributed by atoms with Crippen molar-refractivity contribution in [2.75, 3.05) is 4.43 Å². The molecule has 0 radical (unpaired) electrons. The van der Waals surface area contributed by atoms with Gasteiger partial charge in [-0.2, -0.15) is 5.06 Å². The second-order valence-electron chi connectivity index (χ2n) is 3.24. The lowest BCUT2D eigenvalue weighted by Gasteiger charge is -2.37. The summed E-state index contributed by atoms with van der Waals surface area (Å²) < 4.78 is 1.02. The third kappa shape index (κ3) is 2.31. The van der Waals surface area contributed by atoms with E-state index in [9.17, 15) is 0 Å². The van der Waals surface area contributed by atoms with Crippen molar-refractivity contribution in [2.24, 2.45) is 0 Å². The molecule has 72 valence electrons. The van der Waals surface area contributed by atoms with Gasteiger partial charge in [-0.25, -0.2) is 5.26 Å². The highest BCUT2D eigenvalue weighted by molar-refractivity contribution is 14.1. The molecule has 0 aromatic carbocycles. The van der Waals surface area contributed by atoms with Gasteiger partial charge in [0.2, 0.25) is 0 Å². The highest BCUT2D eigenvalue weighted by Gasteiger charge is 2.29. The summed E-state index contributed by atoms with van der Waals surface area (Å²) in [6.45, 7) is 2.13. The van der Waals surface area contributed by atoms with Crippen molar-refractivity contribution in [2.45, 2.75) is 44.7 Å². The maximum absolute atomic E-state index is 8.72. The van der Waals surface area contributed by atoms with Crippen LogP contribution in [0.25, 0.3) is 0 Å². The first-order valence-corrected chi connectivity index (χ1v) is 6.01. The fourth-order valence-corrected chi connectivity index (χ4v) is 2.63. The Bertz CT molecular complexity index is 122. The van der Waals surface area contributed by atoms with Gasteiger partial charge in [-0.1, -0.05) is 35.9 Å². The van der Waals surface area contributed by atoms with E-state index in [1.807, 2.05) is 0 Å². The van der Waals surface area contributed by atoms with Crippen LogP contribution in [0, 0.1) is 0 Å². The minimum absolute atomic E-state index is 0.397. The summed E-state index contributed by atoms with van der Waals surface area (Å²) in [7, 11) is 0. The molecule has 1 aliphatic heterocycles. The molecule has 1 heterocycles. The Morgan fingerprint density at radius 3 is 2.67 bits per heavy atom. The lowest BCUT2D eigenvalue weighted by Crippen LogP contribution is -2.46. The van der Waals surface area contributed by atoms with Crippen LogP contribution in [-0.4, -0.2) is 26.8 Å². The Labute approximate surface area is 87.1 Å². The van der Waals surface area contributed by atoms with E-state index in [-0.39, 0.29) is 0 Å². The zero-order chi connectivity index (χ0) is 8.97. The van der Waals surface area contributed by atoms with Crippen molar-refractivity contribution in [3.05, 3.63) is 0 Å². The molecule has 0 aromatic rings. The van der Waals surface area contributed by atoms with Crippen LogP contribution in [0.3, 0.4) is 0 Å². The van der Waals surface area contributed by atoms with Gasteiger partial charge < -0.3 is 0 Å². The van der Waals surface area contributed by atoms with E-state index in [1.54, 1.807) is 5.06 Å². The highest BCUT2D eigenvalue weighted by atomic mass is 127. The minimum Gasteiger partial charge on any atom is -0.233 e. The van der Waals surface area contributed by atoms with Gasteiger partial charge >= 0.3 is 0 Å². The standard InChI is InChI=1S/C8H16INO2/c1-2-7-4-3-5-8(6-9)10(7)12-11/h7-8,11H,2-6H2,1H3. The second kappa shape index (κ2) is 5.36. The largest absolute Gasteiger partial charge is 0.233 e. The average molecular weight is 285 g/mol. The number of halogens is 1. The summed E-state index contributed by atoms with van der Waals surface area (Å²) in [5.41, 5.74) is 0. The third-order valence-electron chi connectivity index (χ3n) is 2.54. The molecule has 3 nitrogen and oxygen atoms in total. The van der Waals surface area contributed by atoms with Crippen LogP contribution in [0.5, 0.6) is 0 Å². The molecule has 12 heavy (non-hydrogen) atoms. The van der Waals surface area contributed by atoms with Gasteiger partial charge in [0, 0.05) is 16.5 Å². The molecule has 0 aromatic heterocycles. The molecule has 0 spiro atoms. The molecule has 2 atom stereocenters. The maximum atomic E-state index is 8.72. The molecule has 4 heteroatoms. The summed E-state index contributed by atoms with van der Waals surface area (Å²) in [6, 6.07) is 0.804. The summed E-state index contributed by atoms with van der Waals surface area (Å²) in [5, 5.41) is 10.5. The van der Waals surface area contributed by atoms with Crippen molar-refractivity contribution >= 4 is 22.6 Å². The normalized spacial score (nSPS) is 32.2. The fourth-order valence-electron chi connectivity index (χ4n) is 1.80. The molecule has 0 saturated carbocycles. The zero-order valence-electron chi connectivity index (χ0n) is 7.37. The zero-order valence-corrected chi connectivity index (χ0v) is 9.53. The van der Waals surface area contributed by atoms with Crippen LogP contribution in [-0.2, 0) is 4.99 Å². The Morgan fingerprint density at radius 1 is 1.50 bits per heavy atom. The smallest absolute Gasteiger partial charge is 0.0475 e. The lowest BCUT2D eigenvalue weighted by atomic mass is 9.97. The van der Waals surface area contributed by atoms with Crippen LogP contribution < -0.4 is 0 Å². The van der Waals surface area contributed by atoms with E-state index in [0.29, 0.717) is 12.1 Å². The predicted octanol–water partition coefficient (Wildman–Crippen LogP) is 2.46. The SMILES string of the molecule is CCC1CCCC(CI)N1OO. The first-order valence-electron chi connectivity index (χ1n) is 4.49. The van der Waals surface area contributed by atoms with Gasteiger partial charge in [-0.15, -0.1) is 4.99 Å². The van der Waals surface area contributed by atoms with Crippen molar-refractivity contribution in [3.8, 4) is 0 Å². The molecule has 1 rings (SSSR count). The first-order chi connectivity index (χ1) is 5.83. The number of nitrogens with zero attached hydrogens (tertiary/aromatic N) is 1. The Morgan fingerprint density at radius 2 is 2.17 bits per heavy atom. The summed E-state index contributed by atoms with van der Waals surface area (Å²) in [4.78, 5) is 4.43. The van der Waals surface area contributed by atoms with E-state index in [4.69, 9.17) is 5.26 Å². The molecule has 0 aliphatic carbocycles. The van der Waals surface area contributed by atoms with Crippen LogP contribution in [0.1, 0.15) is 32.6 Å². The summed E-state index contributed by atoms with van der Waals surface area (Å²) in [6.07, 6.45) is 4.59. The molecular weight excluding hydrogens is 269 g/mol. The molecular formula is C8H16INO2. The number of hydrogen-bond acceptors (Lipinski definition) is 3. The molecule has 0 bridgehead atoms. The highest BCUT2D eigenvalue weighted by Crippen LogP contribution is 2.25. The number of rotatable bonds is 3. The van der Waals surface area contributed by atoms with Crippen LogP contribution in [0.2, 0.25) is 0 Å². The first kappa shape index (κ1) is 10.7. The van der Waals surface area contributed by atoms with Crippen LogP contribution >= 0.6 is 22.6 Å². The van der Waals surface area contributed by atoms with Crippen LogP contribution in [0.15, 0.2) is 0 Å². The van der Waals surface area contributed by atoms with Crippen LogP contribution in [0.4, 0.5) is 0 Å². The number of alkyl halides is 1. The second-order valence-corrected chi connectivity index (χ2v) is 4.12. The molecule has 1 fully saturated rings. The maximum Gasteiger partial charge on any atom is 0.0475 e. The monoisotopic (exact) mass is 285 g/mol. The molecule has 1 aliphatic rings. The van der Waals surface area contributed by atoms with Crippen molar-refractivity contribution in [3.63, 3.8) is 0 Å². The summed E-state index contributed by atoms with van der Waals surface area (Å²) in [5.74, 6) is 0. The van der Waals surface area contributed by atoms with Gasteiger partial charge in [-0.3, -0.25) is 0 Å². The van der Waals surface area contributed by atoms with Crippen molar-refractivity contribution in [1.82, 2.24) is 5.06 Å². The van der Waals surface area contributed by atoms with Gasteiger partial charge in [0.1, 0.15) is 0 Å². The number of piperidine rings is 1. The molecule has 0 amide bonds.